The topological polar surface area (TPSA) is 89.2 Å². The predicted molar refractivity (Wildman–Crippen MR) is 136 cm³/mol. The molecule has 0 N–H and O–H groups in total. The minimum atomic E-state index is -1.32. The Hall–Kier alpha value is -2.97. The molecule has 0 aliphatic rings. The van der Waals surface area contributed by atoms with Crippen molar-refractivity contribution in [3.8, 4) is 22.7 Å². The molecule has 0 aliphatic carbocycles. The molecule has 35 heavy (non-hydrogen) atoms. The van der Waals surface area contributed by atoms with Crippen LogP contribution in [0.4, 0.5) is 5.69 Å². The number of halogens is 4. The summed E-state index contributed by atoms with van der Waals surface area (Å²) in [7, 11) is 0. The van der Waals surface area contributed by atoms with Gasteiger partial charge in [-0.3, -0.25) is 19.6 Å². The van der Waals surface area contributed by atoms with Crippen molar-refractivity contribution in [1.29, 1.82) is 0 Å². The minimum Gasteiger partial charge on any atom is -0.354 e. The number of hydrogen-bond acceptors (Lipinski definition) is 6. The van der Waals surface area contributed by atoms with Crippen LogP contribution in [0.2, 0.25) is 10.0 Å². The normalized spacial score (nSPS) is 11.0. The molecule has 11 heteroatoms. The second-order valence-electron chi connectivity index (χ2n) is 7.28. The van der Waals surface area contributed by atoms with Gasteiger partial charge in [0.15, 0.2) is 16.4 Å². The van der Waals surface area contributed by atoms with Crippen LogP contribution in [0.25, 0.3) is 22.7 Å². The minimum absolute atomic E-state index is 0.0348. The molecule has 0 atom stereocenters. The van der Waals surface area contributed by atoms with Crippen molar-refractivity contribution >= 4 is 63.8 Å². The number of amides is 1. The third-order valence-electron chi connectivity index (χ3n) is 5.04. The second kappa shape index (κ2) is 11.2. The van der Waals surface area contributed by atoms with Crippen molar-refractivity contribution < 1.29 is 14.1 Å². The van der Waals surface area contributed by atoms with Gasteiger partial charge in [0.2, 0.25) is 0 Å². The summed E-state index contributed by atoms with van der Waals surface area (Å²) in [6, 6.07) is 13.3. The average molecular weight is 550 g/mol. The molecule has 4 aromatic rings. The molecule has 1 aromatic carbocycles. The zero-order valence-electron chi connectivity index (χ0n) is 17.9. The van der Waals surface area contributed by atoms with E-state index >= 15 is 0 Å². The molecule has 1 amide bonds. The number of benzene rings is 1. The first-order valence-corrected chi connectivity index (χ1v) is 11.9. The number of carbonyl (C=O) groups excluding carboxylic acids is 2. The van der Waals surface area contributed by atoms with Crippen LogP contribution in [-0.4, -0.2) is 38.2 Å². The third-order valence-corrected chi connectivity index (χ3v) is 6.04. The highest BCUT2D eigenvalue weighted by Gasteiger charge is 2.24. The summed E-state index contributed by atoms with van der Waals surface area (Å²) in [5.41, 5.74) is 2.22. The summed E-state index contributed by atoms with van der Waals surface area (Å²) in [4.78, 5) is 33.6. The highest BCUT2D eigenvalue weighted by molar-refractivity contribution is 6.54. The van der Waals surface area contributed by atoms with Crippen LogP contribution in [-0.2, 0) is 4.79 Å². The lowest BCUT2D eigenvalue weighted by Gasteiger charge is -2.23. The molecule has 0 unspecified atom stereocenters. The number of ketones is 1. The Balaban J connectivity index is 1.61. The van der Waals surface area contributed by atoms with Crippen molar-refractivity contribution in [2.75, 3.05) is 11.4 Å². The number of pyridine rings is 2. The zero-order chi connectivity index (χ0) is 24.9. The molecule has 3 aromatic heterocycles. The van der Waals surface area contributed by atoms with E-state index in [1.165, 1.54) is 17.3 Å². The first kappa shape index (κ1) is 25.1. The Bertz CT molecular complexity index is 1340. The maximum absolute atomic E-state index is 12.8. The number of carbonyl (C=O) groups is 2. The molecule has 178 valence electrons. The summed E-state index contributed by atoms with van der Waals surface area (Å²) in [5.74, 6) is -0.432. The maximum Gasteiger partial charge on any atom is 0.260 e. The van der Waals surface area contributed by atoms with Crippen LogP contribution in [0.5, 0.6) is 0 Å². The van der Waals surface area contributed by atoms with E-state index in [0.29, 0.717) is 44.0 Å². The summed E-state index contributed by atoms with van der Waals surface area (Å²) < 4.78 is 5.47. The first-order chi connectivity index (χ1) is 16.8. The fraction of sp³-hybridized carbons (Fsp3) is 0.125. The number of rotatable bonds is 8. The average Bonchev–Trinajstić information content (AvgIpc) is 3.34. The van der Waals surface area contributed by atoms with Crippen LogP contribution in [0.1, 0.15) is 16.8 Å². The van der Waals surface area contributed by atoms with Crippen LogP contribution >= 0.6 is 46.4 Å². The van der Waals surface area contributed by atoms with E-state index in [-0.39, 0.29) is 18.7 Å². The van der Waals surface area contributed by atoms with E-state index in [0.717, 1.165) is 0 Å². The smallest absolute Gasteiger partial charge is 0.260 e. The summed E-state index contributed by atoms with van der Waals surface area (Å²) >= 11 is 24.3. The van der Waals surface area contributed by atoms with Crippen molar-refractivity contribution in [2.45, 2.75) is 11.3 Å². The molecule has 0 bridgehead atoms. The maximum atomic E-state index is 12.8. The summed E-state index contributed by atoms with van der Waals surface area (Å²) in [6.45, 7) is 0.0445. The number of hydrogen-bond donors (Lipinski definition) is 0. The molecule has 0 radical (unpaired) electrons. The lowest BCUT2D eigenvalue weighted by molar-refractivity contribution is -0.117. The fourth-order valence-electron chi connectivity index (χ4n) is 3.35. The van der Waals surface area contributed by atoms with E-state index in [9.17, 15) is 9.59 Å². The molecule has 0 fully saturated rings. The van der Waals surface area contributed by atoms with E-state index in [2.05, 4.69) is 15.1 Å². The monoisotopic (exact) mass is 548 g/mol. The van der Waals surface area contributed by atoms with Gasteiger partial charge in [-0.2, -0.15) is 0 Å². The van der Waals surface area contributed by atoms with Gasteiger partial charge in [-0.15, -0.1) is 0 Å². The van der Waals surface area contributed by atoms with Gasteiger partial charge in [0.25, 0.3) is 5.91 Å². The van der Waals surface area contributed by atoms with E-state index in [4.69, 9.17) is 50.9 Å². The number of aromatic nitrogens is 3. The van der Waals surface area contributed by atoms with Gasteiger partial charge >= 0.3 is 0 Å². The van der Waals surface area contributed by atoms with Crippen LogP contribution in [0, 0.1) is 0 Å². The van der Waals surface area contributed by atoms with E-state index < -0.39 is 10.7 Å². The largest absolute Gasteiger partial charge is 0.354 e. The fourth-order valence-corrected chi connectivity index (χ4v) is 4.17. The number of Topliss-reactive ketones (excluding diaryl/α,β-unsaturated/α-hetero) is 1. The van der Waals surface area contributed by atoms with Gasteiger partial charge in [-0.1, -0.05) is 57.6 Å². The van der Waals surface area contributed by atoms with Crippen molar-refractivity contribution in [1.82, 2.24) is 15.1 Å². The lowest BCUT2D eigenvalue weighted by atomic mass is 10.1. The quantitative estimate of drug-likeness (QED) is 0.184. The van der Waals surface area contributed by atoms with Crippen molar-refractivity contribution in [3.63, 3.8) is 0 Å². The summed E-state index contributed by atoms with van der Waals surface area (Å²) in [5, 5.41) is 4.90. The Kier molecular flexibility index (Phi) is 8.03. The third kappa shape index (κ3) is 5.82. The van der Waals surface area contributed by atoms with Crippen molar-refractivity contribution in [3.05, 3.63) is 82.7 Å². The van der Waals surface area contributed by atoms with Crippen LogP contribution < -0.4 is 4.90 Å². The Labute approximate surface area is 220 Å². The van der Waals surface area contributed by atoms with Gasteiger partial charge in [0.1, 0.15) is 11.4 Å². The molecule has 4 rings (SSSR count). The van der Waals surface area contributed by atoms with Gasteiger partial charge in [-0.25, -0.2) is 0 Å². The number of nitrogens with zero attached hydrogens (tertiary/aromatic N) is 4. The molecule has 0 saturated heterocycles. The molecular formula is C24H16Cl4N4O3. The Morgan fingerprint density at radius 1 is 0.971 bits per heavy atom. The van der Waals surface area contributed by atoms with Crippen molar-refractivity contribution in [2.24, 2.45) is 0 Å². The van der Waals surface area contributed by atoms with E-state index in [1.807, 2.05) is 0 Å². The molecule has 0 spiro atoms. The second-order valence-corrected chi connectivity index (χ2v) is 9.19. The molecular weight excluding hydrogens is 534 g/mol. The number of anilines is 1. The van der Waals surface area contributed by atoms with E-state index in [1.54, 1.807) is 54.7 Å². The highest BCUT2D eigenvalue weighted by Crippen LogP contribution is 2.36. The molecule has 0 saturated carbocycles. The SMILES string of the molecule is O=C(CCN(C(=O)C(Cl)Cl)c1ccnc(-c2cc(-c3c(Cl)cccc3Cl)no2)c1)c1cccnc1. The van der Waals surface area contributed by atoms with Gasteiger partial charge in [0, 0.05) is 54.4 Å². The highest BCUT2D eigenvalue weighted by atomic mass is 35.5. The Morgan fingerprint density at radius 3 is 2.43 bits per heavy atom. The molecule has 3 heterocycles. The van der Waals surface area contributed by atoms with Gasteiger partial charge in [-0.05, 0) is 36.4 Å². The van der Waals surface area contributed by atoms with Crippen LogP contribution in [0.15, 0.2) is 71.6 Å². The Morgan fingerprint density at radius 2 is 1.74 bits per heavy atom. The van der Waals surface area contributed by atoms with Gasteiger partial charge < -0.3 is 9.42 Å². The lowest BCUT2D eigenvalue weighted by Crippen LogP contribution is -2.36. The summed E-state index contributed by atoms with van der Waals surface area (Å²) in [6.07, 6.45) is 4.58. The zero-order valence-corrected chi connectivity index (χ0v) is 20.9. The molecule has 7 nitrogen and oxygen atoms in total. The molecule has 0 aliphatic heterocycles. The first-order valence-electron chi connectivity index (χ1n) is 10.3. The standard InChI is InChI=1S/C24H16Cl4N4O3/c25-16-4-1-5-17(26)22(16)19-12-21(35-31-19)18-11-15(6-9-30-18)32(24(34)23(27)28)10-7-20(33)14-3-2-8-29-13-14/h1-6,8-9,11-13,23H,7,10H2. The van der Waals surface area contributed by atoms with Crippen LogP contribution in [0.3, 0.4) is 0 Å². The number of alkyl halides is 2. The predicted octanol–water partition coefficient (Wildman–Crippen LogP) is 6.52. The van der Waals surface area contributed by atoms with Gasteiger partial charge in [0.05, 0.1) is 10.0 Å².